The number of nitrogens with zero attached hydrogens (tertiary/aromatic N) is 2. The number of rotatable bonds is 3. The smallest absolute Gasteiger partial charge is 0.227 e. The largest absolute Gasteiger partial charge is 0.330 e. The summed E-state index contributed by atoms with van der Waals surface area (Å²) in [6, 6.07) is 11.2. The van der Waals surface area contributed by atoms with Gasteiger partial charge in [-0.15, -0.1) is 0 Å². The Morgan fingerprint density at radius 1 is 1.47 bits per heavy atom. The second-order valence-corrected chi connectivity index (χ2v) is 3.47. The maximum absolute atomic E-state index is 11.7. The average molecular weight is 202 g/mol. The molecule has 1 atom stereocenters. The summed E-state index contributed by atoms with van der Waals surface area (Å²) in [6.07, 6.45) is 0.351. The molecule has 0 bridgehead atoms. The second-order valence-electron chi connectivity index (χ2n) is 3.47. The minimum absolute atomic E-state index is 0.0322. The molecule has 3 heteroatoms. The topological polar surface area (TPSA) is 44.1 Å². The van der Waals surface area contributed by atoms with Gasteiger partial charge in [-0.2, -0.15) is 5.26 Å². The summed E-state index contributed by atoms with van der Waals surface area (Å²) in [5.41, 5.74) is 0.972. The third-order valence-electron chi connectivity index (χ3n) is 2.36. The van der Waals surface area contributed by atoms with Crippen molar-refractivity contribution in [2.75, 3.05) is 7.05 Å². The zero-order valence-corrected chi connectivity index (χ0v) is 8.97. The van der Waals surface area contributed by atoms with E-state index in [9.17, 15) is 4.79 Å². The number of carbonyl (C=O) groups excluding carboxylic acids is 1. The number of carbonyl (C=O) groups is 1. The lowest BCUT2D eigenvalue weighted by Crippen LogP contribution is -2.35. The third-order valence-corrected chi connectivity index (χ3v) is 2.36. The first-order valence-electron chi connectivity index (χ1n) is 4.84. The molecular weight excluding hydrogens is 188 g/mol. The van der Waals surface area contributed by atoms with Crippen molar-refractivity contribution in [3.63, 3.8) is 0 Å². The van der Waals surface area contributed by atoms with Gasteiger partial charge in [0.1, 0.15) is 6.04 Å². The summed E-state index contributed by atoms with van der Waals surface area (Å²) >= 11 is 0. The Morgan fingerprint density at radius 2 is 2.07 bits per heavy atom. The Kier molecular flexibility index (Phi) is 3.87. The molecule has 0 N–H and O–H groups in total. The van der Waals surface area contributed by atoms with Crippen LogP contribution in [0.1, 0.15) is 12.5 Å². The fraction of sp³-hybridized carbons (Fsp3) is 0.333. The van der Waals surface area contributed by atoms with Crippen LogP contribution < -0.4 is 0 Å². The molecule has 0 heterocycles. The monoisotopic (exact) mass is 202 g/mol. The van der Waals surface area contributed by atoms with Crippen molar-refractivity contribution >= 4 is 5.91 Å². The Balaban J connectivity index is 2.61. The van der Waals surface area contributed by atoms with E-state index in [1.54, 1.807) is 14.0 Å². The van der Waals surface area contributed by atoms with Crippen molar-refractivity contribution in [1.29, 1.82) is 5.26 Å². The maximum Gasteiger partial charge on any atom is 0.227 e. The highest BCUT2D eigenvalue weighted by Gasteiger charge is 2.14. The molecule has 0 aromatic heterocycles. The van der Waals surface area contributed by atoms with Gasteiger partial charge in [0, 0.05) is 7.05 Å². The Labute approximate surface area is 89.9 Å². The molecule has 0 spiro atoms. The molecule has 0 saturated heterocycles. The van der Waals surface area contributed by atoms with E-state index in [2.05, 4.69) is 0 Å². The van der Waals surface area contributed by atoms with E-state index in [1.165, 1.54) is 4.90 Å². The molecular formula is C12H14N2O. The minimum atomic E-state index is -0.374. The SMILES string of the molecule is CC(C#N)N(C)C(=O)Cc1ccccc1. The van der Waals surface area contributed by atoms with Crippen molar-refractivity contribution in [2.24, 2.45) is 0 Å². The summed E-state index contributed by atoms with van der Waals surface area (Å²) in [4.78, 5) is 13.2. The van der Waals surface area contributed by atoms with Gasteiger partial charge in [-0.1, -0.05) is 30.3 Å². The summed E-state index contributed by atoms with van der Waals surface area (Å²) in [5, 5.41) is 8.68. The van der Waals surface area contributed by atoms with Crippen LogP contribution in [0, 0.1) is 11.3 Å². The van der Waals surface area contributed by atoms with Gasteiger partial charge < -0.3 is 4.90 Å². The van der Waals surface area contributed by atoms with Gasteiger partial charge in [-0.25, -0.2) is 0 Å². The lowest BCUT2D eigenvalue weighted by molar-refractivity contribution is -0.130. The van der Waals surface area contributed by atoms with Crippen LogP contribution >= 0.6 is 0 Å². The van der Waals surface area contributed by atoms with Gasteiger partial charge in [0.25, 0.3) is 0 Å². The van der Waals surface area contributed by atoms with Gasteiger partial charge in [-0.05, 0) is 12.5 Å². The van der Waals surface area contributed by atoms with E-state index in [0.717, 1.165) is 5.56 Å². The van der Waals surface area contributed by atoms with Crippen LogP contribution in [0.4, 0.5) is 0 Å². The van der Waals surface area contributed by atoms with Crippen LogP contribution in [0.2, 0.25) is 0 Å². The number of hydrogen-bond donors (Lipinski definition) is 0. The fourth-order valence-electron chi connectivity index (χ4n) is 1.20. The third kappa shape index (κ3) is 3.10. The molecule has 0 radical (unpaired) electrons. The number of likely N-dealkylation sites (N-methyl/N-ethyl adjacent to an activating group) is 1. The van der Waals surface area contributed by atoms with Gasteiger partial charge in [0.05, 0.1) is 12.5 Å². The Bertz CT molecular complexity index is 367. The molecule has 3 nitrogen and oxygen atoms in total. The number of nitriles is 1. The van der Waals surface area contributed by atoms with Gasteiger partial charge in [0.15, 0.2) is 0 Å². The second kappa shape index (κ2) is 5.16. The first kappa shape index (κ1) is 11.3. The highest BCUT2D eigenvalue weighted by atomic mass is 16.2. The molecule has 0 saturated carbocycles. The van der Waals surface area contributed by atoms with E-state index >= 15 is 0 Å². The molecule has 0 aliphatic rings. The molecule has 0 aliphatic heterocycles. The highest BCUT2D eigenvalue weighted by molar-refractivity contribution is 5.79. The molecule has 1 aromatic rings. The van der Waals surface area contributed by atoms with Crippen molar-refractivity contribution < 1.29 is 4.79 Å². The van der Waals surface area contributed by atoms with Crippen molar-refractivity contribution in [1.82, 2.24) is 4.90 Å². The molecule has 78 valence electrons. The molecule has 0 aliphatic carbocycles. The molecule has 1 rings (SSSR count). The average Bonchev–Trinajstić information content (AvgIpc) is 2.28. The van der Waals surface area contributed by atoms with Gasteiger partial charge in [0.2, 0.25) is 5.91 Å². The number of amides is 1. The zero-order valence-electron chi connectivity index (χ0n) is 8.97. The quantitative estimate of drug-likeness (QED) is 0.747. The summed E-state index contributed by atoms with van der Waals surface area (Å²) in [6.45, 7) is 1.71. The number of hydrogen-bond acceptors (Lipinski definition) is 2. The zero-order chi connectivity index (χ0) is 11.3. The van der Waals surface area contributed by atoms with E-state index in [1.807, 2.05) is 36.4 Å². The Morgan fingerprint density at radius 3 is 2.60 bits per heavy atom. The predicted octanol–water partition coefficient (Wildman–Crippen LogP) is 1.60. The van der Waals surface area contributed by atoms with Gasteiger partial charge in [-0.3, -0.25) is 4.79 Å². The van der Waals surface area contributed by atoms with E-state index in [-0.39, 0.29) is 11.9 Å². The van der Waals surface area contributed by atoms with Crippen LogP contribution in [0.15, 0.2) is 30.3 Å². The first-order valence-corrected chi connectivity index (χ1v) is 4.84. The molecule has 1 amide bonds. The van der Waals surface area contributed by atoms with Gasteiger partial charge >= 0.3 is 0 Å². The summed E-state index contributed by atoms with van der Waals surface area (Å²) < 4.78 is 0. The van der Waals surface area contributed by atoms with Crippen LogP contribution in [0.5, 0.6) is 0 Å². The van der Waals surface area contributed by atoms with Crippen LogP contribution in [0.25, 0.3) is 0 Å². The highest BCUT2D eigenvalue weighted by Crippen LogP contribution is 2.03. The van der Waals surface area contributed by atoms with Crippen molar-refractivity contribution in [2.45, 2.75) is 19.4 Å². The maximum atomic E-state index is 11.7. The molecule has 1 aromatic carbocycles. The summed E-state index contributed by atoms with van der Waals surface area (Å²) in [7, 11) is 1.65. The molecule has 1 unspecified atom stereocenters. The number of benzene rings is 1. The van der Waals surface area contributed by atoms with E-state index in [0.29, 0.717) is 6.42 Å². The van der Waals surface area contributed by atoms with Crippen LogP contribution in [-0.2, 0) is 11.2 Å². The van der Waals surface area contributed by atoms with Crippen LogP contribution in [0.3, 0.4) is 0 Å². The normalized spacial score (nSPS) is 11.5. The van der Waals surface area contributed by atoms with Crippen LogP contribution in [-0.4, -0.2) is 23.9 Å². The first-order chi connectivity index (χ1) is 7.15. The van der Waals surface area contributed by atoms with Crippen molar-refractivity contribution in [3.05, 3.63) is 35.9 Å². The summed E-state index contributed by atoms with van der Waals surface area (Å²) in [5.74, 6) is -0.0322. The molecule has 0 fully saturated rings. The fourth-order valence-corrected chi connectivity index (χ4v) is 1.20. The lowest BCUT2D eigenvalue weighted by Gasteiger charge is -2.19. The predicted molar refractivity (Wildman–Crippen MR) is 58.0 cm³/mol. The lowest BCUT2D eigenvalue weighted by atomic mass is 10.1. The van der Waals surface area contributed by atoms with E-state index in [4.69, 9.17) is 5.26 Å². The standard InChI is InChI=1S/C12H14N2O/c1-10(9-13)14(2)12(15)8-11-6-4-3-5-7-11/h3-7,10H,8H2,1-2H3. The Hall–Kier alpha value is -1.82. The molecule has 15 heavy (non-hydrogen) atoms. The van der Waals surface area contributed by atoms with Crippen molar-refractivity contribution in [3.8, 4) is 6.07 Å². The minimum Gasteiger partial charge on any atom is -0.330 e. The van der Waals surface area contributed by atoms with E-state index < -0.39 is 0 Å².